The Balaban J connectivity index is 2.10. The summed E-state index contributed by atoms with van der Waals surface area (Å²) >= 11 is 0. The molecule has 2 rings (SSSR count). The van der Waals surface area contributed by atoms with Crippen LogP contribution in [-0.4, -0.2) is 5.84 Å². The van der Waals surface area contributed by atoms with Gasteiger partial charge in [-0.05, 0) is 36.2 Å². The molecule has 0 aliphatic heterocycles. The molecule has 2 aromatic carbocycles. The number of nitrogen functional groups attached to an aromatic ring is 1. The highest BCUT2D eigenvalue weighted by molar-refractivity contribution is 5.95. The van der Waals surface area contributed by atoms with E-state index in [9.17, 15) is 4.39 Å². The van der Waals surface area contributed by atoms with Crippen molar-refractivity contribution in [2.24, 2.45) is 5.73 Å². The van der Waals surface area contributed by atoms with Crippen molar-refractivity contribution in [3.8, 4) is 5.75 Å². The van der Waals surface area contributed by atoms with E-state index in [1.807, 2.05) is 19.1 Å². The lowest BCUT2D eigenvalue weighted by atomic mass is 10.1. The molecule has 0 bridgehead atoms. The first-order valence-electron chi connectivity index (χ1n) is 5.88. The van der Waals surface area contributed by atoms with Crippen LogP contribution in [0.3, 0.4) is 0 Å². The van der Waals surface area contributed by atoms with Crippen LogP contribution in [0.15, 0.2) is 42.5 Å². The van der Waals surface area contributed by atoms with Crippen LogP contribution in [0.25, 0.3) is 0 Å². The fourth-order valence-electron chi connectivity index (χ4n) is 1.74. The average Bonchev–Trinajstić information content (AvgIpc) is 2.37. The van der Waals surface area contributed by atoms with Gasteiger partial charge in [0.05, 0.1) is 0 Å². The lowest BCUT2D eigenvalue weighted by Crippen LogP contribution is -2.11. The van der Waals surface area contributed by atoms with Crippen molar-refractivity contribution in [2.75, 3.05) is 0 Å². The van der Waals surface area contributed by atoms with E-state index < -0.39 is 0 Å². The van der Waals surface area contributed by atoms with Gasteiger partial charge in [-0.3, -0.25) is 5.41 Å². The number of rotatable bonds is 4. The molecule has 0 aliphatic carbocycles. The number of nitrogens with one attached hydrogen (secondary N) is 1. The molecule has 0 radical (unpaired) electrons. The molecule has 0 heterocycles. The Labute approximate surface area is 111 Å². The Morgan fingerprint density at radius 3 is 2.68 bits per heavy atom. The topological polar surface area (TPSA) is 59.1 Å². The summed E-state index contributed by atoms with van der Waals surface area (Å²) < 4.78 is 18.5. The van der Waals surface area contributed by atoms with Crippen LogP contribution in [0.2, 0.25) is 0 Å². The Hall–Kier alpha value is -2.36. The SMILES string of the molecule is Cc1cc(C(=N)N)ccc1COc1cccc(F)c1. The van der Waals surface area contributed by atoms with Gasteiger partial charge in [0, 0.05) is 11.6 Å². The van der Waals surface area contributed by atoms with Crippen LogP contribution in [0.4, 0.5) is 4.39 Å². The minimum atomic E-state index is -0.318. The van der Waals surface area contributed by atoms with Crippen molar-refractivity contribution in [2.45, 2.75) is 13.5 Å². The summed E-state index contributed by atoms with van der Waals surface area (Å²) in [6.45, 7) is 2.28. The summed E-state index contributed by atoms with van der Waals surface area (Å²) in [5.41, 5.74) is 8.08. The van der Waals surface area contributed by atoms with Crippen LogP contribution < -0.4 is 10.5 Å². The van der Waals surface area contributed by atoms with Crippen molar-refractivity contribution in [1.82, 2.24) is 0 Å². The van der Waals surface area contributed by atoms with E-state index in [0.717, 1.165) is 11.1 Å². The highest BCUT2D eigenvalue weighted by atomic mass is 19.1. The van der Waals surface area contributed by atoms with Crippen molar-refractivity contribution >= 4 is 5.84 Å². The second kappa shape index (κ2) is 5.52. The van der Waals surface area contributed by atoms with Gasteiger partial charge in [0.25, 0.3) is 0 Å². The van der Waals surface area contributed by atoms with Gasteiger partial charge in [0.15, 0.2) is 0 Å². The highest BCUT2D eigenvalue weighted by Gasteiger charge is 2.03. The molecule has 0 saturated carbocycles. The predicted molar refractivity (Wildman–Crippen MR) is 72.9 cm³/mol. The third kappa shape index (κ3) is 3.31. The van der Waals surface area contributed by atoms with Crippen molar-refractivity contribution in [3.63, 3.8) is 0 Å². The lowest BCUT2D eigenvalue weighted by molar-refractivity contribution is 0.304. The quantitative estimate of drug-likeness (QED) is 0.654. The first-order chi connectivity index (χ1) is 9.06. The Morgan fingerprint density at radius 1 is 1.26 bits per heavy atom. The third-order valence-electron chi connectivity index (χ3n) is 2.84. The molecule has 0 amide bonds. The largest absolute Gasteiger partial charge is 0.489 e. The molecular formula is C15H15FN2O. The van der Waals surface area contributed by atoms with E-state index in [2.05, 4.69) is 0 Å². The predicted octanol–water partition coefficient (Wildman–Crippen LogP) is 3.00. The fourth-order valence-corrected chi connectivity index (χ4v) is 1.74. The van der Waals surface area contributed by atoms with Gasteiger partial charge in [-0.2, -0.15) is 0 Å². The van der Waals surface area contributed by atoms with E-state index in [1.165, 1.54) is 12.1 Å². The average molecular weight is 258 g/mol. The molecule has 0 fully saturated rings. The van der Waals surface area contributed by atoms with Gasteiger partial charge in [-0.25, -0.2) is 4.39 Å². The van der Waals surface area contributed by atoms with Gasteiger partial charge in [0.2, 0.25) is 0 Å². The summed E-state index contributed by atoms with van der Waals surface area (Å²) in [5.74, 6) is 0.219. The third-order valence-corrected chi connectivity index (χ3v) is 2.84. The molecule has 4 heteroatoms. The molecule has 3 N–H and O–H groups in total. The number of ether oxygens (including phenoxy) is 1. The molecule has 0 aliphatic rings. The standard InChI is InChI=1S/C15H15FN2O/c1-10-7-11(15(17)18)5-6-12(10)9-19-14-4-2-3-13(16)8-14/h2-8H,9H2,1H3,(H3,17,18). The minimum absolute atomic E-state index is 0.0423. The molecular weight excluding hydrogens is 243 g/mol. The first-order valence-corrected chi connectivity index (χ1v) is 5.88. The van der Waals surface area contributed by atoms with Crippen LogP contribution >= 0.6 is 0 Å². The number of halogens is 1. The molecule has 0 atom stereocenters. The summed E-state index contributed by atoms with van der Waals surface area (Å²) in [4.78, 5) is 0. The number of nitrogens with two attached hydrogens (primary N) is 1. The number of hydrogen-bond acceptors (Lipinski definition) is 2. The van der Waals surface area contributed by atoms with Crippen LogP contribution in [0.5, 0.6) is 5.75 Å². The monoisotopic (exact) mass is 258 g/mol. The maximum atomic E-state index is 13.0. The Morgan fingerprint density at radius 2 is 2.05 bits per heavy atom. The van der Waals surface area contributed by atoms with Crippen LogP contribution in [0, 0.1) is 18.2 Å². The zero-order valence-corrected chi connectivity index (χ0v) is 10.6. The maximum Gasteiger partial charge on any atom is 0.126 e. The molecule has 0 aromatic heterocycles. The molecule has 0 unspecified atom stereocenters. The van der Waals surface area contributed by atoms with Crippen molar-refractivity contribution in [1.29, 1.82) is 5.41 Å². The van der Waals surface area contributed by atoms with E-state index in [-0.39, 0.29) is 11.7 Å². The van der Waals surface area contributed by atoms with Gasteiger partial charge in [-0.1, -0.05) is 18.2 Å². The molecule has 98 valence electrons. The molecule has 19 heavy (non-hydrogen) atoms. The molecule has 3 nitrogen and oxygen atoms in total. The van der Waals surface area contributed by atoms with Gasteiger partial charge in [-0.15, -0.1) is 0 Å². The van der Waals surface area contributed by atoms with E-state index in [0.29, 0.717) is 17.9 Å². The minimum Gasteiger partial charge on any atom is -0.489 e. The number of benzene rings is 2. The fraction of sp³-hybridized carbons (Fsp3) is 0.133. The molecule has 2 aromatic rings. The zero-order valence-electron chi connectivity index (χ0n) is 10.6. The summed E-state index contributed by atoms with van der Waals surface area (Å²) in [7, 11) is 0. The number of amidine groups is 1. The second-order valence-corrected chi connectivity index (χ2v) is 4.30. The molecule has 0 spiro atoms. The zero-order chi connectivity index (χ0) is 13.8. The van der Waals surface area contributed by atoms with Crippen molar-refractivity contribution in [3.05, 3.63) is 65.0 Å². The first kappa shape index (κ1) is 13.1. The molecule has 0 saturated heterocycles. The van der Waals surface area contributed by atoms with Gasteiger partial charge >= 0.3 is 0 Å². The van der Waals surface area contributed by atoms with E-state index in [1.54, 1.807) is 18.2 Å². The van der Waals surface area contributed by atoms with Gasteiger partial charge < -0.3 is 10.5 Å². The van der Waals surface area contributed by atoms with Crippen LogP contribution in [-0.2, 0) is 6.61 Å². The maximum absolute atomic E-state index is 13.0. The number of aryl methyl sites for hydroxylation is 1. The lowest BCUT2D eigenvalue weighted by Gasteiger charge is -2.10. The summed E-state index contributed by atoms with van der Waals surface area (Å²) in [5, 5.41) is 7.37. The Kier molecular flexibility index (Phi) is 3.80. The highest BCUT2D eigenvalue weighted by Crippen LogP contribution is 2.16. The van der Waals surface area contributed by atoms with Crippen molar-refractivity contribution < 1.29 is 9.13 Å². The van der Waals surface area contributed by atoms with E-state index in [4.69, 9.17) is 15.9 Å². The van der Waals surface area contributed by atoms with Gasteiger partial charge in [0.1, 0.15) is 24.0 Å². The smallest absolute Gasteiger partial charge is 0.126 e. The second-order valence-electron chi connectivity index (χ2n) is 4.30. The summed E-state index contributed by atoms with van der Waals surface area (Å²) in [6, 6.07) is 11.5. The Bertz CT molecular complexity index is 611. The van der Waals surface area contributed by atoms with Crippen LogP contribution in [0.1, 0.15) is 16.7 Å². The van der Waals surface area contributed by atoms with E-state index >= 15 is 0 Å². The normalized spacial score (nSPS) is 10.2. The number of hydrogen-bond donors (Lipinski definition) is 2. The summed E-state index contributed by atoms with van der Waals surface area (Å²) in [6.07, 6.45) is 0.